The molecule has 0 spiro atoms. The minimum atomic E-state index is -3.68. The Kier molecular flexibility index (Phi) is 4.43. The Bertz CT molecular complexity index is 771. The highest BCUT2D eigenvalue weighted by molar-refractivity contribution is 9.11. The van der Waals surface area contributed by atoms with E-state index >= 15 is 0 Å². The van der Waals surface area contributed by atoms with Gasteiger partial charge in [0.1, 0.15) is 4.99 Å². The molecular weight excluding hydrogens is 382 g/mol. The van der Waals surface area contributed by atoms with Crippen molar-refractivity contribution in [3.8, 4) is 0 Å². The lowest BCUT2D eigenvalue weighted by Crippen LogP contribution is -2.15. The van der Waals surface area contributed by atoms with Crippen LogP contribution in [0, 0.1) is 6.92 Å². The van der Waals surface area contributed by atoms with Crippen molar-refractivity contribution in [3.63, 3.8) is 0 Å². The van der Waals surface area contributed by atoms with Crippen LogP contribution in [0.25, 0.3) is 0 Å². The molecule has 0 fully saturated rings. The Morgan fingerprint density at radius 3 is 2.70 bits per heavy atom. The molecule has 0 saturated heterocycles. The Hall–Kier alpha value is -1.03. The lowest BCUT2D eigenvalue weighted by Gasteiger charge is -2.09. The van der Waals surface area contributed by atoms with Crippen LogP contribution in [-0.4, -0.2) is 18.4 Å². The number of thiocarbonyl (C=S) groups is 1. The molecule has 0 atom stereocenters. The van der Waals surface area contributed by atoms with E-state index in [1.807, 2.05) is 0 Å². The van der Waals surface area contributed by atoms with Gasteiger partial charge in [0.2, 0.25) is 0 Å². The number of hydrogen-bond donors (Lipinski definition) is 2. The van der Waals surface area contributed by atoms with Gasteiger partial charge in [0, 0.05) is 5.56 Å². The van der Waals surface area contributed by atoms with Gasteiger partial charge in [-0.2, -0.15) is 0 Å². The molecule has 1 aromatic heterocycles. The second kappa shape index (κ2) is 5.76. The summed E-state index contributed by atoms with van der Waals surface area (Å²) in [5, 5.41) is 0.301. The highest BCUT2D eigenvalue weighted by Crippen LogP contribution is 2.26. The van der Waals surface area contributed by atoms with Gasteiger partial charge in [0.25, 0.3) is 10.0 Å². The zero-order valence-corrected chi connectivity index (χ0v) is 14.3. The summed E-state index contributed by atoms with van der Waals surface area (Å²) in [6.07, 6.45) is 1.53. The molecule has 0 aliphatic rings. The van der Waals surface area contributed by atoms with Crippen LogP contribution in [0.1, 0.15) is 11.1 Å². The van der Waals surface area contributed by atoms with Crippen molar-refractivity contribution in [1.29, 1.82) is 0 Å². The van der Waals surface area contributed by atoms with E-state index in [9.17, 15) is 8.42 Å². The molecule has 1 aromatic carbocycles. The van der Waals surface area contributed by atoms with E-state index in [2.05, 4.69) is 25.6 Å². The van der Waals surface area contributed by atoms with Crippen molar-refractivity contribution in [3.05, 3.63) is 39.3 Å². The monoisotopic (exact) mass is 391 g/mol. The number of nitrogens with two attached hydrogens (primary N) is 1. The van der Waals surface area contributed by atoms with Gasteiger partial charge in [0.05, 0.1) is 14.9 Å². The smallest absolute Gasteiger partial charge is 0.263 e. The zero-order chi connectivity index (χ0) is 14.9. The fourth-order valence-corrected chi connectivity index (χ4v) is 4.28. The van der Waals surface area contributed by atoms with E-state index in [1.54, 1.807) is 19.1 Å². The van der Waals surface area contributed by atoms with E-state index in [-0.39, 0.29) is 9.88 Å². The highest BCUT2D eigenvalue weighted by Gasteiger charge is 2.19. The van der Waals surface area contributed by atoms with E-state index in [0.29, 0.717) is 16.3 Å². The fraction of sp³-hybridized carbons (Fsp3) is 0.0909. The molecule has 0 bridgehead atoms. The number of thiazole rings is 1. The number of hydrogen-bond acceptors (Lipinski definition) is 5. The summed E-state index contributed by atoms with van der Waals surface area (Å²) < 4.78 is 27.8. The number of aryl methyl sites for hydroxylation is 1. The number of anilines is 1. The molecule has 0 aliphatic carbocycles. The minimum absolute atomic E-state index is 0.170. The molecule has 0 aliphatic heterocycles. The number of sulfonamides is 1. The largest absolute Gasteiger partial charge is 0.389 e. The lowest BCUT2D eigenvalue weighted by molar-refractivity contribution is 0.600. The van der Waals surface area contributed by atoms with Crippen molar-refractivity contribution in [2.45, 2.75) is 11.8 Å². The van der Waals surface area contributed by atoms with Crippen LogP contribution < -0.4 is 10.5 Å². The van der Waals surface area contributed by atoms with Gasteiger partial charge in [-0.15, -0.1) is 0 Å². The van der Waals surface area contributed by atoms with E-state index in [1.165, 1.54) is 23.6 Å². The molecule has 1 heterocycles. The maximum atomic E-state index is 12.3. The maximum Gasteiger partial charge on any atom is 0.263 e. The Morgan fingerprint density at radius 1 is 1.50 bits per heavy atom. The number of nitrogens with zero attached hydrogens (tertiary/aromatic N) is 1. The molecule has 106 valence electrons. The van der Waals surface area contributed by atoms with E-state index < -0.39 is 10.0 Å². The quantitative estimate of drug-likeness (QED) is 0.782. The van der Waals surface area contributed by atoms with Crippen molar-refractivity contribution < 1.29 is 8.42 Å². The SMILES string of the molecule is Cc1cc(C(N)=S)ccc1S(=O)(=O)Nc1ncc(Br)s1. The van der Waals surface area contributed by atoms with E-state index in [0.717, 1.165) is 3.79 Å². The van der Waals surface area contributed by atoms with Gasteiger partial charge in [0.15, 0.2) is 5.13 Å². The number of halogens is 1. The average Bonchev–Trinajstić information content (AvgIpc) is 2.73. The third-order valence-corrected chi connectivity index (χ3v) is 5.70. The number of aromatic nitrogens is 1. The molecule has 0 unspecified atom stereocenters. The first kappa shape index (κ1) is 15.4. The summed E-state index contributed by atoms with van der Waals surface area (Å²) in [4.78, 5) is 4.34. The zero-order valence-electron chi connectivity index (χ0n) is 10.3. The van der Waals surface area contributed by atoms with Crippen LogP contribution in [0.2, 0.25) is 0 Å². The van der Waals surface area contributed by atoms with Crippen molar-refractivity contribution in [1.82, 2.24) is 4.98 Å². The van der Waals surface area contributed by atoms with Gasteiger partial charge < -0.3 is 5.73 Å². The van der Waals surface area contributed by atoms with Crippen molar-refractivity contribution in [2.24, 2.45) is 5.73 Å². The molecule has 20 heavy (non-hydrogen) atoms. The predicted molar refractivity (Wildman–Crippen MR) is 87.7 cm³/mol. The minimum Gasteiger partial charge on any atom is -0.389 e. The molecular formula is C11H10BrN3O2S3. The second-order valence-electron chi connectivity index (χ2n) is 3.92. The number of nitrogens with one attached hydrogen (secondary N) is 1. The molecule has 0 saturated carbocycles. The summed E-state index contributed by atoms with van der Waals surface area (Å²) in [5.41, 5.74) is 6.72. The Morgan fingerprint density at radius 2 is 2.20 bits per heavy atom. The Labute approximate surface area is 134 Å². The van der Waals surface area contributed by atoms with E-state index in [4.69, 9.17) is 18.0 Å². The molecule has 9 heteroatoms. The maximum absolute atomic E-state index is 12.3. The van der Waals surface area contributed by atoms with Crippen molar-refractivity contribution >= 4 is 59.6 Å². The van der Waals surface area contributed by atoms with Gasteiger partial charge in [-0.3, -0.25) is 4.72 Å². The van der Waals surface area contributed by atoms with Crippen LogP contribution in [0.5, 0.6) is 0 Å². The summed E-state index contributed by atoms with van der Waals surface area (Å²) in [5.74, 6) is 0. The second-order valence-corrected chi connectivity index (χ2v) is 8.42. The van der Waals surface area contributed by atoms with Crippen LogP contribution in [0.4, 0.5) is 5.13 Å². The first-order valence-electron chi connectivity index (χ1n) is 5.34. The van der Waals surface area contributed by atoms with Crippen LogP contribution in [0.15, 0.2) is 33.1 Å². The standard InChI is InChI=1S/C11H10BrN3O2S3/c1-6-4-7(10(13)18)2-3-8(6)20(16,17)15-11-14-5-9(12)19-11/h2-5H,1H3,(H2,13,18)(H,14,15). The topological polar surface area (TPSA) is 85.1 Å². The third-order valence-electron chi connectivity index (χ3n) is 2.45. The molecule has 0 amide bonds. The first-order chi connectivity index (χ1) is 9.29. The summed E-state index contributed by atoms with van der Waals surface area (Å²) >= 11 is 9.29. The van der Waals surface area contributed by atoms with Crippen molar-refractivity contribution in [2.75, 3.05) is 4.72 Å². The van der Waals surface area contributed by atoms with Crippen LogP contribution in [-0.2, 0) is 10.0 Å². The lowest BCUT2D eigenvalue weighted by atomic mass is 10.1. The summed E-state index contributed by atoms with van der Waals surface area (Å²) in [6.45, 7) is 1.69. The molecule has 2 aromatic rings. The van der Waals surface area contributed by atoms with Crippen LogP contribution >= 0.6 is 39.5 Å². The highest BCUT2D eigenvalue weighted by atomic mass is 79.9. The Balaban J connectivity index is 2.37. The average molecular weight is 392 g/mol. The third kappa shape index (κ3) is 3.35. The summed E-state index contributed by atoms with van der Waals surface area (Å²) in [7, 11) is -3.68. The van der Waals surface area contributed by atoms with Gasteiger partial charge in [-0.05, 0) is 40.5 Å². The number of benzene rings is 1. The van der Waals surface area contributed by atoms with Crippen LogP contribution in [0.3, 0.4) is 0 Å². The molecule has 2 rings (SSSR count). The molecule has 3 N–H and O–H groups in total. The fourth-order valence-electron chi connectivity index (χ4n) is 1.58. The van der Waals surface area contributed by atoms with Gasteiger partial charge in [-0.25, -0.2) is 13.4 Å². The normalized spacial score (nSPS) is 11.3. The van der Waals surface area contributed by atoms with Gasteiger partial charge in [-0.1, -0.05) is 29.6 Å². The summed E-state index contributed by atoms with van der Waals surface area (Å²) in [6, 6.07) is 4.71. The predicted octanol–water partition coefficient (Wildman–Crippen LogP) is 2.65. The number of rotatable bonds is 4. The van der Waals surface area contributed by atoms with Gasteiger partial charge >= 0.3 is 0 Å². The molecule has 5 nitrogen and oxygen atoms in total. The molecule has 0 radical (unpaired) electrons. The first-order valence-corrected chi connectivity index (χ1v) is 8.84.